The molecule has 0 radical (unpaired) electrons. The number of unbranched alkanes of at least 4 members (excludes halogenated alkanes) is 2. The van der Waals surface area contributed by atoms with Crippen LogP contribution < -0.4 is 11.1 Å². The highest BCUT2D eigenvalue weighted by Gasteiger charge is 2.36. The van der Waals surface area contributed by atoms with Crippen LogP contribution in [0, 0.1) is 0 Å². The molecule has 4 atom stereocenters. The predicted molar refractivity (Wildman–Crippen MR) is 119 cm³/mol. The van der Waals surface area contributed by atoms with Crippen LogP contribution in [0.15, 0.2) is 0 Å². The SMILES string of the molecule is CC(C)(CN)OCC(C)(C)OCCC(=O)NCCCCCO[C@H]1C[C@@H](O)[C@@H](O)[C@@H](CO)O1. The van der Waals surface area contributed by atoms with E-state index in [1.54, 1.807) is 0 Å². The number of carbonyl (C=O) groups excluding carboxylic acids is 1. The lowest BCUT2D eigenvalue weighted by molar-refractivity contribution is -0.256. The van der Waals surface area contributed by atoms with E-state index >= 15 is 0 Å². The van der Waals surface area contributed by atoms with E-state index in [4.69, 9.17) is 29.8 Å². The van der Waals surface area contributed by atoms with Crippen LogP contribution in [0.4, 0.5) is 0 Å². The molecule has 0 aromatic carbocycles. The molecule has 190 valence electrons. The zero-order chi connectivity index (χ0) is 24.2. The molecule has 1 fully saturated rings. The third-order valence-electron chi connectivity index (χ3n) is 5.29. The van der Waals surface area contributed by atoms with Crippen molar-refractivity contribution in [3.63, 3.8) is 0 Å². The number of carbonyl (C=O) groups is 1. The Morgan fingerprint density at radius 1 is 1.09 bits per heavy atom. The molecule has 1 aliphatic rings. The minimum absolute atomic E-state index is 0.0570. The van der Waals surface area contributed by atoms with Crippen molar-refractivity contribution in [3.8, 4) is 0 Å². The Kier molecular flexibility index (Phi) is 13.2. The first kappa shape index (κ1) is 29.2. The first-order valence-corrected chi connectivity index (χ1v) is 11.5. The molecule has 0 saturated carbocycles. The molecule has 0 spiro atoms. The number of aliphatic hydroxyl groups is 3. The third-order valence-corrected chi connectivity index (χ3v) is 5.29. The number of aliphatic hydroxyl groups excluding tert-OH is 3. The number of hydrogen-bond donors (Lipinski definition) is 5. The molecule has 0 aromatic heterocycles. The molecule has 10 heteroatoms. The van der Waals surface area contributed by atoms with E-state index in [9.17, 15) is 15.0 Å². The van der Waals surface area contributed by atoms with Crippen molar-refractivity contribution in [1.29, 1.82) is 0 Å². The number of nitrogens with two attached hydrogens (primary N) is 1. The van der Waals surface area contributed by atoms with Gasteiger partial charge in [-0.3, -0.25) is 4.79 Å². The van der Waals surface area contributed by atoms with Crippen LogP contribution in [0.1, 0.15) is 59.8 Å². The Labute approximate surface area is 191 Å². The molecule has 0 aliphatic carbocycles. The molecule has 0 aromatic rings. The van der Waals surface area contributed by atoms with Crippen molar-refractivity contribution in [1.82, 2.24) is 5.32 Å². The molecule has 10 nitrogen and oxygen atoms in total. The van der Waals surface area contributed by atoms with Crippen molar-refractivity contribution in [2.45, 2.75) is 95.6 Å². The van der Waals surface area contributed by atoms with Crippen LogP contribution in [0.2, 0.25) is 0 Å². The molecule has 1 amide bonds. The summed E-state index contributed by atoms with van der Waals surface area (Å²) in [6, 6.07) is 0. The van der Waals surface area contributed by atoms with Crippen LogP contribution in [-0.4, -0.2) is 96.5 Å². The second-order valence-electron chi connectivity index (χ2n) is 9.47. The van der Waals surface area contributed by atoms with Gasteiger partial charge in [-0.05, 0) is 47.0 Å². The third kappa shape index (κ3) is 11.9. The average Bonchev–Trinajstić information content (AvgIpc) is 2.74. The zero-order valence-electron chi connectivity index (χ0n) is 20.0. The summed E-state index contributed by atoms with van der Waals surface area (Å²) in [5.74, 6) is -0.0570. The summed E-state index contributed by atoms with van der Waals surface area (Å²) in [6.45, 7) is 9.46. The van der Waals surface area contributed by atoms with Gasteiger partial charge in [0.05, 0.1) is 37.1 Å². The highest BCUT2D eigenvalue weighted by atomic mass is 16.7. The van der Waals surface area contributed by atoms with Gasteiger partial charge in [0.2, 0.25) is 5.91 Å². The van der Waals surface area contributed by atoms with Gasteiger partial charge in [0, 0.05) is 32.5 Å². The Hall–Kier alpha value is -0.850. The largest absolute Gasteiger partial charge is 0.394 e. The summed E-state index contributed by atoms with van der Waals surface area (Å²) in [7, 11) is 0. The van der Waals surface area contributed by atoms with E-state index in [-0.39, 0.29) is 25.4 Å². The number of ether oxygens (including phenoxy) is 4. The maximum Gasteiger partial charge on any atom is 0.222 e. The maximum atomic E-state index is 12.0. The molecule has 6 N–H and O–H groups in total. The molecule has 0 unspecified atom stereocenters. The molecule has 1 heterocycles. The number of nitrogens with one attached hydrogen (secondary N) is 1. The second kappa shape index (κ2) is 14.4. The summed E-state index contributed by atoms with van der Waals surface area (Å²) < 4.78 is 22.5. The molecule has 1 aliphatic heterocycles. The standard InChI is InChI=1S/C22H44N2O8/c1-21(2,14-23)31-15-22(3,4)30-11-8-18(27)24-9-6-5-7-10-29-19-12-16(26)20(28)17(13-25)32-19/h16-17,19-20,25-26,28H,5-15,23H2,1-4H3,(H,24,27)/t16-,17-,19-,20-/m1/s1. The lowest BCUT2D eigenvalue weighted by atomic mass is 10.0. The van der Waals surface area contributed by atoms with Crippen LogP contribution in [0.25, 0.3) is 0 Å². The van der Waals surface area contributed by atoms with Gasteiger partial charge < -0.3 is 45.3 Å². The minimum Gasteiger partial charge on any atom is -0.394 e. The van der Waals surface area contributed by atoms with E-state index in [2.05, 4.69) is 5.32 Å². The Bertz CT molecular complexity index is 532. The van der Waals surface area contributed by atoms with Crippen molar-refractivity contribution >= 4 is 5.91 Å². The van der Waals surface area contributed by atoms with E-state index in [0.29, 0.717) is 32.9 Å². The summed E-state index contributed by atoms with van der Waals surface area (Å²) in [5, 5.41) is 31.5. The number of amides is 1. The van der Waals surface area contributed by atoms with Gasteiger partial charge in [0.15, 0.2) is 6.29 Å². The van der Waals surface area contributed by atoms with Gasteiger partial charge in [-0.2, -0.15) is 0 Å². The van der Waals surface area contributed by atoms with E-state index in [0.717, 1.165) is 19.3 Å². The number of hydrogen-bond acceptors (Lipinski definition) is 9. The fourth-order valence-corrected chi connectivity index (χ4v) is 3.00. The Morgan fingerprint density at radius 3 is 2.47 bits per heavy atom. The smallest absolute Gasteiger partial charge is 0.222 e. The average molecular weight is 465 g/mol. The summed E-state index contributed by atoms with van der Waals surface area (Å²) in [6.07, 6.45) is -0.642. The monoisotopic (exact) mass is 464 g/mol. The van der Waals surface area contributed by atoms with Crippen molar-refractivity contribution in [2.24, 2.45) is 5.73 Å². The summed E-state index contributed by atoms with van der Waals surface area (Å²) in [4.78, 5) is 12.0. The maximum absolute atomic E-state index is 12.0. The molecule has 0 bridgehead atoms. The predicted octanol–water partition coefficient (Wildman–Crippen LogP) is 0.0578. The van der Waals surface area contributed by atoms with Crippen molar-refractivity contribution in [3.05, 3.63) is 0 Å². The lowest BCUT2D eigenvalue weighted by Crippen LogP contribution is -2.50. The van der Waals surface area contributed by atoms with Crippen molar-refractivity contribution in [2.75, 3.05) is 39.5 Å². The fraction of sp³-hybridized carbons (Fsp3) is 0.955. The minimum atomic E-state index is -1.10. The van der Waals surface area contributed by atoms with Gasteiger partial charge in [0.25, 0.3) is 0 Å². The van der Waals surface area contributed by atoms with Crippen LogP contribution in [0.3, 0.4) is 0 Å². The number of rotatable bonds is 16. The highest BCUT2D eigenvalue weighted by molar-refractivity contribution is 5.75. The quantitative estimate of drug-likeness (QED) is 0.200. The fourth-order valence-electron chi connectivity index (χ4n) is 3.00. The second-order valence-corrected chi connectivity index (χ2v) is 9.47. The first-order valence-electron chi connectivity index (χ1n) is 11.5. The van der Waals surface area contributed by atoms with E-state index < -0.39 is 35.8 Å². The van der Waals surface area contributed by atoms with E-state index in [1.165, 1.54) is 0 Å². The van der Waals surface area contributed by atoms with Gasteiger partial charge >= 0.3 is 0 Å². The molecular weight excluding hydrogens is 420 g/mol. The summed E-state index contributed by atoms with van der Waals surface area (Å²) >= 11 is 0. The first-order chi connectivity index (χ1) is 15.0. The van der Waals surface area contributed by atoms with Crippen LogP contribution in [-0.2, 0) is 23.7 Å². The zero-order valence-corrected chi connectivity index (χ0v) is 20.0. The highest BCUT2D eigenvalue weighted by Crippen LogP contribution is 2.21. The van der Waals surface area contributed by atoms with Gasteiger partial charge in [-0.15, -0.1) is 0 Å². The van der Waals surface area contributed by atoms with Crippen molar-refractivity contribution < 1.29 is 39.1 Å². The topological polar surface area (TPSA) is 153 Å². The lowest BCUT2D eigenvalue weighted by Gasteiger charge is -2.36. The Balaban J connectivity index is 2.05. The molecule has 32 heavy (non-hydrogen) atoms. The van der Waals surface area contributed by atoms with Gasteiger partial charge in [-0.1, -0.05) is 0 Å². The normalized spacial score (nSPS) is 24.5. The molecular formula is C22H44N2O8. The van der Waals surface area contributed by atoms with Crippen LogP contribution >= 0.6 is 0 Å². The van der Waals surface area contributed by atoms with Crippen LogP contribution in [0.5, 0.6) is 0 Å². The van der Waals surface area contributed by atoms with Gasteiger partial charge in [-0.25, -0.2) is 0 Å². The molecule has 1 rings (SSSR count). The summed E-state index contributed by atoms with van der Waals surface area (Å²) in [5.41, 5.74) is 4.75. The Morgan fingerprint density at radius 2 is 1.81 bits per heavy atom. The molecule has 1 saturated heterocycles. The van der Waals surface area contributed by atoms with E-state index in [1.807, 2.05) is 27.7 Å². The van der Waals surface area contributed by atoms with Gasteiger partial charge in [0.1, 0.15) is 12.2 Å².